The van der Waals surface area contributed by atoms with E-state index in [0.717, 1.165) is 12.0 Å². The van der Waals surface area contributed by atoms with E-state index in [1.54, 1.807) is 6.92 Å². The number of carbonyl (C=O) groups excluding carboxylic acids is 1. The summed E-state index contributed by atoms with van der Waals surface area (Å²) in [4.78, 5) is 12.1. The van der Waals surface area contributed by atoms with Crippen LogP contribution in [0.5, 0.6) is 0 Å². The average Bonchev–Trinajstić information content (AvgIpc) is 2.98. The predicted molar refractivity (Wildman–Crippen MR) is 101 cm³/mol. The summed E-state index contributed by atoms with van der Waals surface area (Å²) in [7, 11) is 0. The lowest BCUT2D eigenvalue weighted by Gasteiger charge is -2.58. The molecule has 0 heterocycles. The van der Waals surface area contributed by atoms with Crippen molar-refractivity contribution in [3.63, 3.8) is 0 Å². The first-order valence-corrected chi connectivity index (χ1v) is 11.3. The number of ketones is 1. The van der Waals surface area contributed by atoms with Gasteiger partial charge in [0.25, 0.3) is 0 Å². The van der Waals surface area contributed by atoms with Crippen molar-refractivity contribution in [1.29, 1.82) is 0 Å². The van der Waals surface area contributed by atoms with Gasteiger partial charge in [-0.25, -0.2) is 0 Å². The van der Waals surface area contributed by atoms with Crippen LogP contribution in [0.4, 0.5) is 22.0 Å². The Morgan fingerprint density at radius 3 is 2.34 bits per heavy atom. The van der Waals surface area contributed by atoms with E-state index >= 15 is 0 Å². The SMILES string of the molecule is CCC12CCC3C4CCC(=O)C(Br)=C4CCC3C1CC[C@]2(O)C(F)(F)C(F)(F)F. The summed E-state index contributed by atoms with van der Waals surface area (Å²) >= 11 is 3.42. The number of hydrogen-bond donors (Lipinski definition) is 1. The fourth-order valence-electron chi connectivity index (χ4n) is 7.50. The maximum atomic E-state index is 14.6. The highest BCUT2D eigenvalue weighted by Crippen LogP contribution is 2.70. The van der Waals surface area contributed by atoms with Crippen molar-refractivity contribution < 1.29 is 31.9 Å². The van der Waals surface area contributed by atoms with Crippen molar-refractivity contribution in [3.05, 3.63) is 10.1 Å². The van der Waals surface area contributed by atoms with E-state index in [9.17, 15) is 31.9 Å². The Labute approximate surface area is 175 Å². The quantitative estimate of drug-likeness (QED) is 0.475. The molecule has 1 N–H and O–H groups in total. The van der Waals surface area contributed by atoms with E-state index in [2.05, 4.69) is 15.9 Å². The second-order valence-electron chi connectivity index (χ2n) is 9.40. The van der Waals surface area contributed by atoms with Gasteiger partial charge in [-0.15, -0.1) is 0 Å². The summed E-state index contributed by atoms with van der Waals surface area (Å²) in [5, 5.41) is 11.0. The zero-order chi connectivity index (χ0) is 21.4. The standard InChI is InChI=1S/C21H26BrF5O2/c1-2-18-9-7-12-11-5-6-16(28)17(22)14(11)4-3-13(12)15(18)8-10-19(18,29)20(23,24)21(25,26)27/h11-13,15,29H,2-10H2,1H3/t11?,12?,13?,15?,18?,19-/m1/s1. The third kappa shape index (κ3) is 2.69. The van der Waals surface area contributed by atoms with Gasteiger partial charge in [-0.3, -0.25) is 4.79 Å². The molecule has 164 valence electrons. The highest BCUT2D eigenvalue weighted by atomic mass is 79.9. The van der Waals surface area contributed by atoms with Crippen LogP contribution in [-0.4, -0.2) is 28.6 Å². The Hall–Kier alpha value is -0.500. The number of halogens is 6. The molecule has 4 aliphatic carbocycles. The molecule has 0 aromatic carbocycles. The summed E-state index contributed by atoms with van der Waals surface area (Å²) < 4.78 is 69.6. The number of alkyl halides is 5. The van der Waals surface area contributed by atoms with Crippen molar-refractivity contribution in [1.82, 2.24) is 0 Å². The van der Waals surface area contributed by atoms with Crippen LogP contribution in [0, 0.1) is 29.1 Å². The largest absolute Gasteiger partial charge is 0.456 e. The van der Waals surface area contributed by atoms with E-state index in [1.807, 2.05) is 0 Å². The lowest BCUT2D eigenvalue weighted by Crippen LogP contribution is -2.66. The predicted octanol–water partition coefficient (Wildman–Crippen LogP) is 6.17. The molecule has 4 rings (SSSR count). The number of hydrogen-bond acceptors (Lipinski definition) is 2. The third-order valence-corrected chi connectivity index (χ3v) is 9.72. The van der Waals surface area contributed by atoms with Crippen LogP contribution in [-0.2, 0) is 4.79 Å². The second kappa shape index (κ2) is 6.75. The van der Waals surface area contributed by atoms with Crippen LogP contribution in [0.25, 0.3) is 0 Å². The molecule has 0 bridgehead atoms. The molecule has 5 unspecified atom stereocenters. The zero-order valence-electron chi connectivity index (χ0n) is 16.3. The monoisotopic (exact) mass is 484 g/mol. The molecule has 4 aliphatic rings. The molecule has 0 aromatic heterocycles. The van der Waals surface area contributed by atoms with Gasteiger partial charge >= 0.3 is 12.1 Å². The summed E-state index contributed by atoms with van der Waals surface area (Å²) in [6.45, 7) is 1.64. The first-order valence-electron chi connectivity index (χ1n) is 10.5. The summed E-state index contributed by atoms with van der Waals surface area (Å²) in [5.41, 5.74) is -3.38. The molecule has 6 atom stereocenters. The van der Waals surface area contributed by atoms with Crippen LogP contribution in [0.3, 0.4) is 0 Å². The van der Waals surface area contributed by atoms with Gasteiger partial charge in [0.15, 0.2) is 5.78 Å². The van der Waals surface area contributed by atoms with Crippen molar-refractivity contribution in [2.24, 2.45) is 29.1 Å². The van der Waals surface area contributed by atoms with E-state index in [-0.39, 0.29) is 48.7 Å². The van der Waals surface area contributed by atoms with Crippen molar-refractivity contribution in [3.8, 4) is 0 Å². The Kier molecular flexibility index (Phi) is 5.05. The minimum absolute atomic E-state index is 0.0176. The molecule has 0 radical (unpaired) electrons. The number of Topliss-reactive ketones (excluding diaryl/α,β-unsaturated/α-hetero) is 1. The fourth-order valence-corrected chi connectivity index (χ4v) is 8.19. The number of rotatable bonds is 2. The molecule has 0 saturated heterocycles. The normalized spacial score (nSPS) is 43.1. The smallest absolute Gasteiger partial charge is 0.383 e. The molecule has 8 heteroatoms. The molecule has 29 heavy (non-hydrogen) atoms. The number of aliphatic hydroxyl groups is 1. The zero-order valence-corrected chi connectivity index (χ0v) is 17.9. The molecule has 3 saturated carbocycles. The lowest BCUT2D eigenvalue weighted by atomic mass is 9.48. The fraction of sp³-hybridized carbons (Fsp3) is 0.857. The van der Waals surface area contributed by atoms with E-state index in [0.29, 0.717) is 30.2 Å². The van der Waals surface area contributed by atoms with Crippen LogP contribution in [0.2, 0.25) is 0 Å². The van der Waals surface area contributed by atoms with Gasteiger partial charge in [-0.2, -0.15) is 22.0 Å². The molecular weight excluding hydrogens is 459 g/mol. The van der Waals surface area contributed by atoms with Gasteiger partial charge in [-0.05, 0) is 96.5 Å². The maximum absolute atomic E-state index is 14.6. The van der Waals surface area contributed by atoms with E-state index in [1.165, 1.54) is 0 Å². The molecule has 0 spiro atoms. The number of carbonyl (C=O) groups is 1. The van der Waals surface area contributed by atoms with Gasteiger partial charge in [0.2, 0.25) is 0 Å². The first-order chi connectivity index (χ1) is 13.4. The summed E-state index contributed by atoms with van der Waals surface area (Å²) in [6, 6.07) is 0. The molecule has 2 nitrogen and oxygen atoms in total. The molecule has 3 fully saturated rings. The Morgan fingerprint density at radius 2 is 1.72 bits per heavy atom. The Bertz CT molecular complexity index is 748. The Morgan fingerprint density at radius 1 is 1.03 bits per heavy atom. The van der Waals surface area contributed by atoms with Crippen molar-refractivity contribution >= 4 is 21.7 Å². The van der Waals surface area contributed by atoms with E-state index < -0.39 is 29.5 Å². The summed E-state index contributed by atoms with van der Waals surface area (Å²) in [5.74, 6) is -4.99. The van der Waals surface area contributed by atoms with Crippen molar-refractivity contribution in [2.75, 3.05) is 0 Å². The minimum Gasteiger partial charge on any atom is -0.383 e. The van der Waals surface area contributed by atoms with E-state index in [4.69, 9.17) is 0 Å². The van der Waals surface area contributed by atoms with Crippen LogP contribution in [0.1, 0.15) is 64.7 Å². The molecule has 0 amide bonds. The van der Waals surface area contributed by atoms with Gasteiger partial charge in [0, 0.05) is 11.8 Å². The van der Waals surface area contributed by atoms with Crippen LogP contribution < -0.4 is 0 Å². The van der Waals surface area contributed by atoms with Gasteiger partial charge < -0.3 is 5.11 Å². The lowest BCUT2D eigenvalue weighted by molar-refractivity contribution is -0.365. The molecule has 0 aliphatic heterocycles. The number of allylic oxidation sites excluding steroid dienone is 1. The molecular formula is C21H26BrF5O2. The van der Waals surface area contributed by atoms with Gasteiger partial charge in [0.1, 0.15) is 5.60 Å². The maximum Gasteiger partial charge on any atom is 0.456 e. The average molecular weight is 485 g/mol. The highest BCUT2D eigenvalue weighted by Gasteiger charge is 2.79. The third-order valence-electron chi connectivity index (χ3n) is 8.77. The van der Waals surface area contributed by atoms with Crippen LogP contribution >= 0.6 is 15.9 Å². The highest BCUT2D eigenvalue weighted by molar-refractivity contribution is 9.12. The topological polar surface area (TPSA) is 37.3 Å². The summed E-state index contributed by atoms with van der Waals surface area (Å²) in [6.07, 6.45) is -2.77. The second-order valence-corrected chi connectivity index (χ2v) is 10.2. The van der Waals surface area contributed by atoms with Gasteiger partial charge in [-0.1, -0.05) is 6.92 Å². The van der Waals surface area contributed by atoms with Crippen molar-refractivity contribution in [2.45, 2.75) is 82.4 Å². The first kappa shape index (κ1) is 21.7. The Balaban J connectivity index is 1.71. The molecule has 0 aromatic rings. The number of fused-ring (bicyclic) bond motifs is 5. The van der Waals surface area contributed by atoms with Crippen LogP contribution in [0.15, 0.2) is 10.1 Å². The minimum atomic E-state index is -5.77. The van der Waals surface area contributed by atoms with Gasteiger partial charge in [0.05, 0.1) is 4.48 Å².